The van der Waals surface area contributed by atoms with E-state index in [1.165, 1.54) is 0 Å². The van der Waals surface area contributed by atoms with Gasteiger partial charge in [-0.05, 0) is 36.5 Å². The van der Waals surface area contributed by atoms with Crippen molar-refractivity contribution < 1.29 is 9.57 Å². The van der Waals surface area contributed by atoms with Crippen molar-refractivity contribution in [2.75, 3.05) is 13.7 Å². The predicted octanol–water partition coefficient (Wildman–Crippen LogP) is 1.30. The van der Waals surface area contributed by atoms with E-state index in [1.54, 1.807) is 7.11 Å². The van der Waals surface area contributed by atoms with E-state index in [9.17, 15) is 0 Å². The quantitative estimate of drug-likeness (QED) is 0.766. The van der Waals surface area contributed by atoms with Crippen LogP contribution in [0.2, 0.25) is 0 Å². The van der Waals surface area contributed by atoms with Crippen LogP contribution in [0.4, 0.5) is 0 Å². The zero-order valence-corrected chi connectivity index (χ0v) is 9.00. The van der Waals surface area contributed by atoms with Gasteiger partial charge in [-0.2, -0.15) is 0 Å². The average Bonchev–Trinajstić information content (AvgIpc) is 2.30. The van der Waals surface area contributed by atoms with Gasteiger partial charge in [0.25, 0.3) is 5.17 Å². The van der Waals surface area contributed by atoms with Gasteiger partial charge < -0.3 is 14.9 Å². The third-order valence-electron chi connectivity index (χ3n) is 2.06. The number of hydrogen-bond acceptors (Lipinski definition) is 4. The molecule has 0 amide bonds. The van der Waals surface area contributed by atoms with Crippen LogP contribution in [0.1, 0.15) is 5.56 Å². The van der Waals surface area contributed by atoms with Crippen molar-refractivity contribution in [1.82, 2.24) is 5.32 Å². The van der Waals surface area contributed by atoms with E-state index in [0.717, 1.165) is 17.0 Å². The summed E-state index contributed by atoms with van der Waals surface area (Å²) in [7, 11) is 1.64. The molecule has 1 aromatic rings. The number of nitrogens with one attached hydrogen (secondary N) is 1. The second kappa shape index (κ2) is 4.27. The number of thiocarbonyl (C=S) groups is 1. The third kappa shape index (κ3) is 2.24. The van der Waals surface area contributed by atoms with Crippen LogP contribution in [0.25, 0.3) is 0 Å². The van der Waals surface area contributed by atoms with Gasteiger partial charge in [-0.15, -0.1) is 0 Å². The molecular weight excluding hydrogens is 212 g/mol. The predicted molar refractivity (Wildman–Crippen MR) is 61.2 cm³/mol. The number of benzene rings is 1. The topological polar surface area (TPSA) is 42.9 Å². The number of nitrogens with zero attached hydrogens (tertiary/aromatic N) is 1. The molecule has 1 N–H and O–H groups in total. The first-order valence-corrected chi connectivity index (χ1v) is 4.86. The largest absolute Gasteiger partial charge is 0.497 e. The fourth-order valence-electron chi connectivity index (χ4n) is 1.26. The molecule has 0 unspecified atom stereocenters. The summed E-state index contributed by atoms with van der Waals surface area (Å²) >= 11 is 4.79. The SMILES string of the molecule is COc1ccc(C2=NOC(=S)NC2)cc1. The summed E-state index contributed by atoms with van der Waals surface area (Å²) in [5, 5.41) is 7.13. The highest BCUT2D eigenvalue weighted by Gasteiger charge is 2.11. The van der Waals surface area contributed by atoms with E-state index in [0.29, 0.717) is 11.7 Å². The van der Waals surface area contributed by atoms with Gasteiger partial charge in [0, 0.05) is 5.56 Å². The van der Waals surface area contributed by atoms with Crippen LogP contribution in [-0.2, 0) is 4.84 Å². The van der Waals surface area contributed by atoms with Gasteiger partial charge in [-0.3, -0.25) is 0 Å². The van der Waals surface area contributed by atoms with E-state index in [4.69, 9.17) is 21.8 Å². The molecule has 0 aliphatic carbocycles. The summed E-state index contributed by atoms with van der Waals surface area (Å²) in [6, 6.07) is 7.61. The lowest BCUT2D eigenvalue weighted by Gasteiger charge is -2.14. The number of rotatable bonds is 2. The van der Waals surface area contributed by atoms with E-state index in [-0.39, 0.29) is 0 Å². The molecule has 5 heteroatoms. The lowest BCUT2D eigenvalue weighted by Crippen LogP contribution is -2.34. The fourth-order valence-corrected chi connectivity index (χ4v) is 1.36. The van der Waals surface area contributed by atoms with Gasteiger partial charge in [-0.1, -0.05) is 5.16 Å². The first-order valence-electron chi connectivity index (χ1n) is 4.46. The molecule has 1 aliphatic rings. The molecule has 0 bridgehead atoms. The summed E-state index contributed by atoms with van der Waals surface area (Å²) in [6.07, 6.45) is 0. The standard InChI is InChI=1S/C10H10N2O2S/c1-13-8-4-2-7(3-5-8)9-6-11-10(15)14-12-9/h2-5H,6H2,1H3,(H,11,15). The molecule has 2 rings (SSSR count). The zero-order chi connectivity index (χ0) is 10.7. The van der Waals surface area contributed by atoms with Crippen molar-refractivity contribution in [1.29, 1.82) is 0 Å². The van der Waals surface area contributed by atoms with E-state index in [2.05, 4.69) is 10.5 Å². The van der Waals surface area contributed by atoms with Gasteiger partial charge in [0.15, 0.2) is 0 Å². The zero-order valence-electron chi connectivity index (χ0n) is 8.19. The second-order valence-electron chi connectivity index (χ2n) is 3.00. The molecule has 1 aliphatic heterocycles. The van der Waals surface area contributed by atoms with Crippen molar-refractivity contribution in [3.05, 3.63) is 29.8 Å². The Kier molecular flexibility index (Phi) is 2.82. The molecule has 0 spiro atoms. The van der Waals surface area contributed by atoms with E-state index >= 15 is 0 Å². The number of methoxy groups -OCH3 is 1. The maximum Gasteiger partial charge on any atom is 0.289 e. The molecule has 1 aromatic carbocycles. The highest BCUT2D eigenvalue weighted by molar-refractivity contribution is 7.80. The lowest BCUT2D eigenvalue weighted by molar-refractivity contribution is 0.312. The molecule has 1 heterocycles. The van der Waals surface area contributed by atoms with Crippen LogP contribution in [0.15, 0.2) is 29.4 Å². The number of hydrogen-bond donors (Lipinski definition) is 1. The molecular formula is C10H10N2O2S. The van der Waals surface area contributed by atoms with Crippen LogP contribution in [0.3, 0.4) is 0 Å². The summed E-state index contributed by atoms with van der Waals surface area (Å²) in [5.74, 6) is 0.819. The lowest BCUT2D eigenvalue weighted by atomic mass is 10.1. The molecule has 0 atom stereocenters. The first kappa shape index (κ1) is 9.92. The molecule has 0 radical (unpaired) electrons. The third-order valence-corrected chi connectivity index (χ3v) is 2.28. The van der Waals surface area contributed by atoms with Crippen molar-refractivity contribution in [2.45, 2.75) is 0 Å². The molecule has 78 valence electrons. The molecule has 0 saturated carbocycles. The number of oxime groups is 1. The minimum atomic E-state index is 0.312. The Morgan fingerprint density at radius 3 is 2.67 bits per heavy atom. The van der Waals surface area contributed by atoms with Crippen LogP contribution in [-0.4, -0.2) is 24.5 Å². The Balaban J connectivity index is 2.19. The Hall–Kier alpha value is -1.62. The van der Waals surface area contributed by atoms with Gasteiger partial charge in [0.2, 0.25) is 0 Å². The van der Waals surface area contributed by atoms with Crippen LogP contribution >= 0.6 is 12.2 Å². The Labute approximate surface area is 92.9 Å². The minimum Gasteiger partial charge on any atom is -0.497 e. The van der Waals surface area contributed by atoms with Crippen LogP contribution < -0.4 is 10.1 Å². The molecule has 0 aromatic heterocycles. The van der Waals surface area contributed by atoms with Gasteiger partial charge in [-0.25, -0.2) is 0 Å². The van der Waals surface area contributed by atoms with Crippen molar-refractivity contribution in [2.24, 2.45) is 5.16 Å². The van der Waals surface area contributed by atoms with Crippen molar-refractivity contribution >= 4 is 23.1 Å². The molecule has 15 heavy (non-hydrogen) atoms. The monoisotopic (exact) mass is 222 g/mol. The van der Waals surface area contributed by atoms with Gasteiger partial charge >= 0.3 is 0 Å². The summed E-state index contributed by atoms with van der Waals surface area (Å²) in [4.78, 5) is 4.88. The number of ether oxygens (including phenoxy) is 1. The second-order valence-corrected chi connectivity index (χ2v) is 3.37. The first-order chi connectivity index (χ1) is 7.29. The van der Waals surface area contributed by atoms with E-state index in [1.807, 2.05) is 24.3 Å². The van der Waals surface area contributed by atoms with Crippen LogP contribution in [0, 0.1) is 0 Å². The smallest absolute Gasteiger partial charge is 0.289 e. The fraction of sp³-hybridized carbons (Fsp3) is 0.200. The molecule has 4 nitrogen and oxygen atoms in total. The van der Waals surface area contributed by atoms with Crippen molar-refractivity contribution in [3.63, 3.8) is 0 Å². The summed E-state index contributed by atoms with van der Waals surface area (Å²) < 4.78 is 5.07. The van der Waals surface area contributed by atoms with E-state index < -0.39 is 0 Å². The normalized spacial score (nSPS) is 15.0. The minimum absolute atomic E-state index is 0.312. The van der Waals surface area contributed by atoms with Gasteiger partial charge in [0.1, 0.15) is 11.5 Å². The Morgan fingerprint density at radius 1 is 1.40 bits per heavy atom. The summed E-state index contributed by atoms with van der Waals surface area (Å²) in [5.41, 5.74) is 1.82. The Morgan fingerprint density at radius 2 is 2.13 bits per heavy atom. The van der Waals surface area contributed by atoms with Crippen LogP contribution in [0.5, 0.6) is 5.75 Å². The van der Waals surface area contributed by atoms with Gasteiger partial charge in [0.05, 0.1) is 13.7 Å². The highest BCUT2D eigenvalue weighted by atomic mass is 32.1. The molecule has 0 saturated heterocycles. The molecule has 0 fully saturated rings. The maximum atomic E-state index is 5.07. The van der Waals surface area contributed by atoms with Crippen molar-refractivity contribution in [3.8, 4) is 5.75 Å². The maximum absolute atomic E-state index is 5.07. The average molecular weight is 222 g/mol. The summed E-state index contributed by atoms with van der Waals surface area (Å²) in [6.45, 7) is 0.588. The highest BCUT2D eigenvalue weighted by Crippen LogP contribution is 2.12. The Bertz CT molecular complexity index is 400.